The van der Waals surface area contributed by atoms with Crippen LogP contribution in [-0.4, -0.2) is 7.38 Å². The van der Waals surface area contributed by atoms with Crippen LogP contribution in [0, 0.1) is 13.8 Å². The van der Waals surface area contributed by atoms with Crippen LogP contribution in [0.5, 0.6) is 0 Å². The molecule has 1 aromatic carbocycles. The lowest BCUT2D eigenvalue weighted by Crippen LogP contribution is -2.28. The molecule has 0 amide bonds. The van der Waals surface area contributed by atoms with Gasteiger partial charge in [-0.2, -0.15) is 11.1 Å². The molecule has 0 saturated carbocycles. The van der Waals surface area contributed by atoms with Crippen molar-refractivity contribution >= 4 is 24.5 Å². The summed E-state index contributed by atoms with van der Waals surface area (Å²) in [7, 11) is -1.69. The Morgan fingerprint density at radius 2 is 1.62 bits per heavy atom. The van der Waals surface area contributed by atoms with Crippen LogP contribution in [0.1, 0.15) is 34.7 Å². The zero-order valence-corrected chi connectivity index (χ0v) is 12.4. The van der Waals surface area contributed by atoms with Gasteiger partial charge in [-0.3, -0.25) is 0 Å². The summed E-state index contributed by atoms with van der Waals surface area (Å²) < 4.78 is 0. The minimum absolute atomic E-state index is 0.490. The molecule has 16 heavy (non-hydrogen) atoms. The summed E-state index contributed by atoms with van der Waals surface area (Å²) in [5.41, 5.74) is 7.60. The van der Waals surface area contributed by atoms with Crippen molar-refractivity contribution in [2.24, 2.45) is 0 Å². The van der Waals surface area contributed by atoms with Crippen LogP contribution in [0.2, 0.25) is 13.1 Å². The molecule has 1 aliphatic carbocycles. The monoisotopic (exact) mass is 250 g/mol. The number of benzene rings is 1. The minimum Gasteiger partial charge on any atom is -0.167 e. The molecular formula is C14H19ClSi. The third-order valence-corrected chi connectivity index (χ3v) is 6.30. The lowest BCUT2D eigenvalue weighted by Gasteiger charge is -2.26. The van der Waals surface area contributed by atoms with Crippen LogP contribution >= 0.6 is 11.1 Å². The average Bonchev–Trinajstić information content (AvgIpc) is 2.49. The van der Waals surface area contributed by atoms with E-state index in [9.17, 15) is 0 Å². The second kappa shape index (κ2) is 3.75. The van der Waals surface area contributed by atoms with Gasteiger partial charge in [0, 0.05) is 5.54 Å². The molecule has 0 heterocycles. The van der Waals surface area contributed by atoms with Crippen LogP contribution < -0.4 is 0 Å². The topological polar surface area (TPSA) is 0 Å². The molecule has 2 rings (SSSR count). The Kier molecular flexibility index (Phi) is 2.79. The summed E-state index contributed by atoms with van der Waals surface area (Å²) in [4.78, 5) is 0. The first-order chi connectivity index (χ1) is 7.32. The van der Waals surface area contributed by atoms with E-state index < -0.39 is 7.38 Å². The van der Waals surface area contributed by atoms with Crippen molar-refractivity contribution in [3.8, 4) is 0 Å². The van der Waals surface area contributed by atoms with E-state index in [-0.39, 0.29) is 0 Å². The molecule has 0 saturated heterocycles. The molecule has 1 aliphatic rings. The Balaban J connectivity index is 2.67. The van der Waals surface area contributed by atoms with Crippen molar-refractivity contribution in [1.29, 1.82) is 0 Å². The standard InChI is InChI=1S/C14H19ClSi/c1-9-6-7-10(2)13-12(9)8-11(3)14(13)16(4,5)15/h6-8,14H,1-5H3. The van der Waals surface area contributed by atoms with E-state index in [2.05, 4.69) is 52.1 Å². The van der Waals surface area contributed by atoms with Crippen molar-refractivity contribution in [2.75, 3.05) is 0 Å². The Morgan fingerprint density at radius 1 is 1.06 bits per heavy atom. The van der Waals surface area contributed by atoms with Crippen molar-refractivity contribution in [3.63, 3.8) is 0 Å². The highest BCUT2D eigenvalue weighted by molar-refractivity contribution is 7.20. The van der Waals surface area contributed by atoms with E-state index in [1.54, 1.807) is 0 Å². The van der Waals surface area contributed by atoms with E-state index >= 15 is 0 Å². The first-order valence-electron chi connectivity index (χ1n) is 5.79. The van der Waals surface area contributed by atoms with Crippen LogP contribution in [0.15, 0.2) is 17.7 Å². The summed E-state index contributed by atoms with van der Waals surface area (Å²) >= 11 is 6.68. The van der Waals surface area contributed by atoms with Gasteiger partial charge in [-0.05, 0) is 43.0 Å². The van der Waals surface area contributed by atoms with E-state index in [0.29, 0.717) is 5.54 Å². The summed E-state index contributed by atoms with van der Waals surface area (Å²) in [6.45, 7) is 11.1. The SMILES string of the molecule is CC1=Cc2c(C)ccc(C)c2C1[Si](C)(C)Cl. The van der Waals surface area contributed by atoms with E-state index in [4.69, 9.17) is 11.1 Å². The highest BCUT2D eigenvalue weighted by Gasteiger charge is 2.38. The van der Waals surface area contributed by atoms with E-state index in [0.717, 1.165) is 0 Å². The lowest BCUT2D eigenvalue weighted by atomic mass is 9.99. The fourth-order valence-electron chi connectivity index (χ4n) is 2.85. The second-order valence-corrected chi connectivity index (χ2v) is 12.0. The number of aryl methyl sites for hydroxylation is 2. The molecule has 0 N–H and O–H groups in total. The molecule has 0 spiro atoms. The maximum Gasteiger partial charge on any atom is 0.161 e. The van der Waals surface area contributed by atoms with Gasteiger partial charge in [-0.1, -0.05) is 36.9 Å². The molecule has 1 aromatic rings. The third kappa shape index (κ3) is 1.76. The van der Waals surface area contributed by atoms with E-state index in [1.807, 2.05) is 0 Å². The number of allylic oxidation sites excluding steroid dienone is 1. The van der Waals surface area contributed by atoms with Crippen LogP contribution in [0.25, 0.3) is 6.08 Å². The summed E-state index contributed by atoms with van der Waals surface area (Å²) in [6, 6.07) is 4.44. The highest BCUT2D eigenvalue weighted by atomic mass is 35.6. The number of rotatable bonds is 1. The minimum atomic E-state index is -1.69. The molecule has 2 heteroatoms. The van der Waals surface area contributed by atoms with Crippen LogP contribution in [0.3, 0.4) is 0 Å². The second-order valence-electron chi connectivity index (χ2n) is 5.41. The molecule has 0 bridgehead atoms. The quantitative estimate of drug-likeness (QED) is 0.497. The number of hydrogen-bond acceptors (Lipinski definition) is 0. The predicted molar refractivity (Wildman–Crippen MR) is 75.6 cm³/mol. The summed E-state index contributed by atoms with van der Waals surface area (Å²) in [5, 5.41) is 0. The number of halogens is 1. The van der Waals surface area contributed by atoms with Crippen molar-refractivity contribution in [3.05, 3.63) is 40.0 Å². The van der Waals surface area contributed by atoms with Gasteiger partial charge in [0.1, 0.15) is 0 Å². The fraction of sp³-hybridized carbons (Fsp3) is 0.429. The van der Waals surface area contributed by atoms with Crippen LogP contribution in [-0.2, 0) is 0 Å². The largest absolute Gasteiger partial charge is 0.167 e. The first-order valence-corrected chi connectivity index (χ1v) is 9.88. The lowest BCUT2D eigenvalue weighted by molar-refractivity contribution is 1.07. The zero-order chi connectivity index (χ0) is 12.1. The molecule has 0 aromatic heterocycles. The third-order valence-electron chi connectivity index (χ3n) is 3.53. The molecule has 1 atom stereocenters. The molecule has 0 aliphatic heterocycles. The Bertz CT molecular complexity index is 466. The summed E-state index contributed by atoms with van der Waals surface area (Å²) in [5.74, 6) is 0. The molecular weight excluding hydrogens is 232 g/mol. The highest BCUT2D eigenvalue weighted by Crippen LogP contribution is 2.45. The van der Waals surface area contributed by atoms with Gasteiger partial charge in [0.25, 0.3) is 0 Å². The van der Waals surface area contributed by atoms with Crippen LogP contribution in [0.4, 0.5) is 0 Å². The van der Waals surface area contributed by atoms with Gasteiger partial charge < -0.3 is 0 Å². The molecule has 1 unspecified atom stereocenters. The maximum atomic E-state index is 6.68. The number of hydrogen-bond donors (Lipinski definition) is 0. The summed E-state index contributed by atoms with van der Waals surface area (Å²) in [6.07, 6.45) is 2.33. The maximum absolute atomic E-state index is 6.68. The van der Waals surface area contributed by atoms with Crippen molar-refractivity contribution in [1.82, 2.24) is 0 Å². The molecule has 0 fully saturated rings. The first kappa shape index (κ1) is 11.9. The van der Waals surface area contributed by atoms with Gasteiger partial charge in [-0.15, -0.1) is 0 Å². The van der Waals surface area contributed by atoms with Crippen molar-refractivity contribution < 1.29 is 0 Å². The molecule has 0 nitrogen and oxygen atoms in total. The Morgan fingerprint density at radius 3 is 2.19 bits per heavy atom. The van der Waals surface area contributed by atoms with Gasteiger partial charge >= 0.3 is 0 Å². The van der Waals surface area contributed by atoms with Gasteiger partial charge in [-0.25, -0.2) is 0 Å². The average molecular weight is 251 g/mol. The Labute approximate surface area is 104 Å². The van der Waals surface area contributed by atoms with Gasteiger partial charge in [0.2, 0.25) is 0 Å². The smallest absolute Gasteiger partial charge is 0.161 e. The fourth-order valence-corrected chi connectivity index (χ4v) is 5.93. The van der Waals surface area contributed by atoms with E-state index in [1.165, 1.54) is 27.8 Å². The number of fused-ring (bicyclic) bond motifs is 1. The zero-order valence-electron chi connectivity index (χ0n) is 10.7. The molecule has 86 valence electrons. The predicted octanol–water partition coefficient (Wildman–Crippen LogP) is 4.79. The van der Waals surface area contributed by atoms with Gasteiger partial charge in [0.05, 0.1) is 0 Å². The Hall–Kier alpha value is -0.533. The molecule has 0 radical (unpaired) electrons. The van der Waals surface area contributed by atoms with Gasteiger partial charge in [0.15, 0.2) is 7.38 Å². The van der Waals surface area contributed by atoms with Crippen molar-refractivity contribution in [2.45, 2.75) is 39.4 Å². The normalized spacial score (nSPS) is 19.6.